The lowest BCUT2D eigenvalue weighted by Crippen LogP contribution is -2.42. The summed E-state index contributed by atoms with van der Waals surface area (Å²) in [6.45, 7) is 0.829. The highest BCUT2D eigenvalue weighted by Crippen LogP contribution is 2.35. The van der Waals surface area contributed by atoms with Gasteiger partial charge in [-0.25, -0.2) is 0 Å². The summed E-state index contributed by atoms with van der Waals surface area (Å²) in [6, 6.07) is 2.23. The first-order valence-corrected chi connectivity index (χ1v) is 7.79. The molecule has 4 nitrogen and oxygen atoms in total. The van der Waals surface area contributed by atoms with Crippen molar-refractivity contribution in [3.05, 3.63) is 0 Å². The van der Waals surface area contributed by atoms with E-state index in [9.17, 15) is 10.1 Å². The quantitative estimate of drug-likeness (QED) is 0.691. The molecule has 0 aromatic heterocycles. The fraction of sp³-hybridized carbons (Fsp3) is 0.846. The highest BCUT2D eigenvalue weighted by molar-refractivity contribution is 7.99. The molecule has 0 atom stereocenters. The molecule has 1 saturated carbocycles. The molecule has 1 aliphatic carbocycles. The number of thioether (sulfide) groups is 1. The van der Waals surface area contributed by atoms with Crippen molar-refractivity contribution in [2.24, 2.45) is 5.41 Å². The summed E-state index contributed by atoms with van der Waals surface area (Å²) < 4.78 is 0. The number of nitrogens with one attached hydrogen (secondary N) is 1. The Morgan fingerprint density at radius 3 is 2.67 bits per heavy atom. The van der Waals surface area contributed by atoms with E-state index in [0.29, 0.717) is 19.4 Å². The minimum absolute atomic E-state index is 0.0903. The normalized spacial score (nSPS) is 18.0. The lowest BCUT2D eigenvalue weighted by atomic mass is 9.74. The van der Waals surface area contributed by atoms with Crippen LogP contribution in [0.15, 0.2) is 0 Å². The van der Waals surface area contributed by atoms with Gasteiger partial charge in [-0.05, 0) is 25.0 Å². The smallest absolute Gasteiger partial charge is 0.240 e. The first-order chi connectivity index (χ1) is 8.75. The molecule has 18 heavy (non-hydrogen) atoms. The van der Waals surface area contributed by atoms with Crippen molar-refractivity contribution in [2.45, 2.75) is 38.5 Å². The van der Waals surface area contributed by atoms with Crippen LogP contribution in [-0.2, 0) is 4.79 Å². The number of hydrogen-bond acceptors (Lipinski definition) is 4. The van der Waals surface area contributed by atoms with Gasteiger partial charge in [0.15, 0.2) is 0 Å². The number of rotatable bonds is 7. The standard InChI is InChI=1S/C13H22N2O2S/c14-11-13(5-2-1-3-6-13)12(17)15-7-10-18-9-4-8-16/h16H,1-10H2,(H,15,17). The fourth-order valence-corrected chi connectivity index (χ4v) is 3.00. The molecule has 0 spiro atoms. The summed E-state index contributed by atoms with van der Waals surface area (Å²) in [7, 11) is 0. The number of nitrogens with zero attached hydrogens (tertiary/aromatic N) is 1. The van der Waals surface area contributed by atoms with Gasteiger partial charge in [0.1, 0.15) is 5.41 Å². The third-order valence-corrected chi connectivity index (χ3v) is 4.40. The van der Waals surface area contributed by atoms with Gasteiger partial charge in [-0.3, -0.25) is 4.79 Å². The Morgan fingerprint density at radius 2 is 2.06 bits per heavy atom. The van der Waals surface area contributed by atoms with Gasteiger partial charge < -0.3 is 10.4 Å². The van der Waals surface area contributed by atoms with Crippen molar-refractivity contribution < 1.29 is 9.90 Å². The monoisotopic (exact) mass is 270 g/mol. The third kappa shape index (κ3) is 4.51. The van der Waals surface area contributed by atoms with Gasteiger partial charge in [-0.15, -0.1) is 0 Å². The summed E-state index contributed by atoms with van der Waals surface area (Å²) >= 11 is 1.72. The van der Waals surface area contributed by atoms with E-state index in [4.69, 9.17) is 5.11 Å². The van der Waals surface area contributed by atoms with E-state index in [0.717, 1.165) is 37.2 Å². The van der Waals surface area contributed by atoms with Crippen LogP contribution in [0.4, 0.5) is 0 Å². The topological polar surface area (TPSA) is 73.1 Å². The molecule has 0 bridgehead atoms. The minimum atomic E-state index is -0.770. The second-order valence-corrected chi connectivity index (χ2v) is 5.92. The number of amides is 1. The Morgan fingerprint density at radius 1 is 1.33 bits per heavy atom. The molecule has 1 aliphatic rings. The SMILES string of the molecule is N#CC1(C(=O)NCCSCCCO)CCCCC1. The molecule has 0 aromatic carbocycles. The van der Waals surface area contributed by atoms with Gasteiger partial charge in [-0.2, -0.15) is 17.0 Å². The van der Waals surface area contributed by atoms with Crippen LogP contribution >= 0.6 is 11.8 Å². The molecule has 102 valence electrons. The average Bonchev–Trinajstić information content (AvgIpc) is 2.43. The van der Waals surface area contributed by atoms with Crippen LogP contribution in [0.3, 0.4) is 0 Å². The van der Waals surface area contributed by atoms with E-state index in [2.05, 4.69) is 11.4 Å². The molecular formula is C13H22N2O2S. The van der Waals surface area contributed by atoms with Crippen molar-refractivity contribution in [1.82, 2.24) is 5.32 Å². The molecule has 2 N–H and O–H groups in total. The average molecular weight is 270 g/mol. The highest BCUT2D eigenvalue weighted by Gasteiger charge is 2.39. The lowest BCUT2D eigenvalue weighted by molar-refractivity contribution is -0.129. The van der Waals surface area contributed by atoms with E-state index >= 15 is 0 Å². The molecule has 5 heteroatoms. The van der Waals surface area contributed by atoms with Gasteiger partial charge in [0.25, 0.3) is 0 Å². The largest absolute Gasteiger partial charge is 0.396 e. The Labute approximate surface area is 113 Å². The van der Waals surface area contributed by atoms with Crippen LogP contribution in [0, 0.1) is 16.7 Å². The molecule has 0 unspecified atom stereocenters. The number of carbonyl (C=O) groups excluding carboxylic acids is 1. The number of carbonyl (C=O) groups is 1. The zero-order chi connectivity index (χ0) is 13.3. The lowest BCUT2D eigenvalue weighted by Gasteiger charge is -2.29. The summed E-state index contributed by atoms with van der Waals surface area (Å²) in [5.41, 5.74) is -0.770. The second kappa shape index (κ2) is 8.39. The molecule has 0 radical (unpaired) electrons. The van der Waals surface area contributed by atoms with Gasteiger partial charge >= 0.3 is 0 Å². The van der Waals surface area contributed by atoms with E-state index < -0.39 is 5.41 Å². The van der Waals surface area contributed by atoms with Crippen molar-refractivity contribution in [2.75, 3.05) is 24.7 Å². The summed E-state index contributed by atoms with van der Waals surface area (Å²) in [5.74, 6) is 1.66. The first kappa shape index (κ1) is 15.3. The first-order valence-electron chi connectivity index (χ1n) is 6.63. The van der Waals surface area contributed by atoms with Crippen molar-refractivity contribution >= 4 is 17.7 Å². The van der Waals surface area contributed by atoms with Crippen LogP contribution in [0.1, 0.15) is 38.5 Å². The van der Waals surface area contributed by atoms with Gasteiger partial charge in [0.2, 0.25) is 5.91 Å². The maximum atomic E-state index is 12.1. The maximum Gasteiger partial charge on any atom is 0.240 e. The van der Waals surface area contributed by atoms with E-state index in [-0.39, 0.29) is 12.5 Å². The number of hydrogen-bond donors (Lipinski definition) is 2. The fourth-order valence-electron chi connectivity index (χ4n) is 2.22. The van der Waals surface area contributed by atoms with E-state index in [1.165, 1.54) is 0 Å². The minimum Gasteiger partial charge on any atom is -0.396 e. The van der Waals surface area contributed by atoms with Crippen LogP contribution in [0.5, 0.6) is 0 Å². The Bertz CT molecular complexity index is 296. The van der Waals surface area contributed by atoms with E-state index in [1.807, 2.05) is 0 Å². The molecule has 1 amide bonds. The molecule has 0 aromatic rings. The van der Waals surface area contributed by atoms with Crippen molar-refractivity contribution in [3.8, 4) is 6.07 Å². The maximum absolute atomic E-state index is 12.1. The predicted molar refractivity (Wildman–Crippen MR) is 73.2 cm³/mol. The Kier molecular flexibility index (Phi) is 7.14. The number of aliphatic hydroxyl groups excluding tert-OH is 1. The third-order valence-electron chi connectivity index (χ3n) is 3.33. The molecular weight excluding hydrogens is 248 g/mol. The summed E-state index contributed by atoms with van der Waals surface area (Å²) in [5, 5.41) is 20.7. The second-order valence-electron chi connectivity index (χ2n) is 4.70. The highest BCUT2D eigenvalue weighted by atomic mass is 32.2. The number of nitriles is 1. The van der Waals surface area contributed by atoms with Crippen molar-refractivity contribution in [3.63, 3.8) is 0 Å². The zero-order valence-corrected chi connectivity index (χ0v) is 11.6. The molecule has 1 fully saturated rings. The van der Waals surface area contributed by atoms with E-state index in [1.54, 1.807) is 11.8 Å². The van der Waals surface area contributed by atoms with Gasteiger partial charge in [-0.1, -0.05) is 19.3 Å². The molecule has 0 heterocycles. The van der Waals surface area contributed by atoms with Crippen LogP contribution in [-0.4, -0.2) is 35.7 Å². The van der Waals surface area contributed by atoms with Crippen LogP contribution in [0.25, 0.3) is 0 Å². The zero-order valence-electron chi connectivity index (χ0n) is 10.8. The van der Waals surface area contributed by atoms with Crippen LogP contribution in [0.2, 0.25) is 0 Å². The number of aliphatic hydroxyl groups is 1. The predicted octanol–water partition coefficient (Wildman–Crippen LogP) is 1.69. The van der Waals surface area contributed by atoms with Gasteiger partial charge in [0, 0.05) is 18.9 Å². The van der Waals surface area contributed by atoms with Gasteiger partial charge in [0.05, 0.1) is 6.07 Å². The molecule has 0 saturated heterocycles. The summed E-state index contributed by atoms with van der Waals surface area (Å²) in [6.07, 6.45) is 5.28. The van der Waals surface area contributed by atoms with Crippen molar-refractivity contribution in [1.29, 1.82) is 5.26 Å². The Hall–Kier alpha value is -0.730. The Balaban J connectivity index is 2.24. The molecule has 1 rings (SSSR count). The summed E-state index contributed by atoms with van der Waals surface area (Å²) in [4.78, 5) is 12.1. The molecule has 0 aliphatic heterocycles. The van der Waals surface area contributed by atoms with Crippen LogP contribution < -0.4 is 5.32 Å².